The van der Waals surface area contributed by atoms with E-state index in [1.54, 1.807) is 6.20 Å². The van der Waals surface area contributed by atoms with E-state index in [0.717, 1.165) is 5.69 Å². The molecule has 3 nitrogen and oxygen atoms in total. The molecule has 0 atom stereocenters. The lowest BCUT2D eigenvalue weighted by Crippen LogP contribution is -2.08. The third kappa shape index (κ3) is 1.38. The van der Waals surface area contributed by atoms with E-state index in [9.17, 15) is 0 Å². The first-order valence-corrected chi connectivity index (χ1v) is 2.65. The molecule has 1 rings (SSSR count). The van der Waals surface area contributed by atoms with Crippen LogP contribution in [0.3, 0.4) is 0 Å². The van der Waals surface area contributed by atoms with Crippen molar-refractivity contribution >= 4 is 5.69 Å². The fraction of sp³-hybridized carbons (Fsp3) is 0.333. The summed E-state index contributed by atoms with van der Waals surface area (Å²) in [4.78, 5) is 9.45. The van der Waals surface area contributed by atoms with Crippen LogP contribution < -0.4 is 4.90 Å². The molecule has 0 bridgehead atoms. The summed E-state index contributed by atoms with van der Waals surface area (Å²) in [7, 11) is 3.85. The highest BCUT2D eigenvalue weighted by molar-refractivity contribution is 5.37. The summed E-state index contributed by atoms with van der Waals surface area (Å²) in [5, 5.41) is 0. The maximum atomic E-state index is 3.82. The van der Waals surface area contributed by atoms with Crippen LogP contribution in [-0.4, -0.2) is 24.1 Å². The van der Waals surface area contributed by atoms with E-state index in [-0.39, 0.29) is 0 Å². The van der Waals surface area contributed by atoms with Crippen LogP contribution in [0.1, 0.15) is 0 Å². The minimum Gasteiger partial charge on any atom is -0.375 e. The maximum absolute atomic E-state index is 3.82. The average Bonchev–Trinajstić information content (AvgIpc) is 1.90. The van der Waals surface area contributed by atoms with Gasteiger partial charge in [-0.1, -0.05) is 0 Å². The van der Waals surface area contributed by atoms with E-state index in [2.05, 4.69) is 16.2 Å². The number of anilines is 1. The molecule has 1 heterocycles. The van der Waals surface area contributed by atoms with Crippen LogP contribution in [-0.2, 0) is 0 Å². The van der Waals surface area contributed by atoms with Crippen molar-refractivity contribution in [2.24, 2.45) is 0 Å². The van der Waals surface area contributed by atoms with Crippen LogP contribution in [0.4, 0.5) is 5.69 Å². The second kappa shape index (κ2) is 2.44. The Balaban J connectivity index is 2.85. The van der Waals surface area contributed by atoms with Crippen LogP contribution in [0.2, 0.25) is 0 Å². The number of rotatable bonds is 1. The average molecular weight is 122 g/mol. The Morgan fingerprint density at radius 1 is 1.56 bits per heavy atom. The third-order valence-corrected chi connectivity index (χ3v) is 0.982. The molecule has 0 fully saturated rings. The van der Waals surface area contributed by atoms with Gasteiger partial charge in [-0.05, 0) is 0 Å². The largest absolute Gasteiger partial charge is 0.375 e. The van der Waals surface area contributed by atoms with E-state index >= 15 is 0 Å². The normalized spacial score (nSPS) is 9.11. The quantitative estimate of drug-likeness (QED) is 0.538. The number of hydrogen-bond donors (Lipinski definition) is 0. The molecule has 0 aliphatic carbocycles. The monoisotopic (exact) mass is 122 g/mol. The van der Waals surface area contributed by atoms with Crippen molar-refractivity contribution in [3.8, 4) is 0 Å². The van der Waals surface area contributed by atoms with Crippen molar-refractivity contribution in [2.75, 3.05) is 19.0 Å². The Morgan fingerprint density at radius 3 is 2.67 bits per heavy atom. The van der Waals surface area contributed by atoms with Gasteiger partial charge in [-0.3, -0.25) is 0 Å². The van der Waals surface area contributed by atoms with Gasteiger partial charge >= 0.3 is 0 Å². The lowest BCUT2D eigenvalue weighted by atomic mass is 10.5. The summed E-state index contributed by atoms with van der Waals surface area (Å²) >= 11 is 0. The number of aromatic nitrogens is 2. The first-order valence-electron chi connectivity index (χ1n) is 2.65. The molecule has 0 aliphatic heterocycles. The zero-order valence-electron chi connectivity index (χ0n) is 5.50. The molecule has 0 amide bonds. The first-order chi connectivity index (χ1) is 4.30. The van der Waals surface area contributed by atoms with Gasteiger partial charge in [0.05, 0.1) is 11.9 Å². The van der Waals surface area contributed by atoms with Gasteiger partial charge in [0.25, 0.3) is 0 Å². The lowest BCUT2D eigenvalue weighted by molar-refractivity contribution is 1.06. The highest BCUT2D eigenvalue weighted by Gasteiger charge is 1.91. The van der Waals surface area contributed by atoms with Crippen LogP contribution >= 0.6 is 0 Å². The standard InChI is InChI=1S/C6H8N3/c1-9(2)6-3-7-5-8-4-6/h3,5H,1-2H3. The molecule has 3 heteroatoms. The van der Waals surface area contributed by atoms with Crippen LogP contribution in [0.5, 0.6) is 0 Å². The van der Waals surface area contributed by atoms with Gasteiger partial charge in [-0.2, -0.15) is 0 Å². The van der Waals surface area contributed by atoms with Crippen molar-refractivity contribution in [1.29, 1.82) is 0 Å². The van der Waals surface area contributed by atoms with Gasteiger partial charge in [-0.15, -0.1) is 0 Å². The molecule has 0 N–H and O–H groups in total. The topological polar surface area (TPSA) is 29.0 Å². The van der Waals surface area contributed by atoms with Gasteiger partial charge in [0.2, 0.25) is 0 Å². The van der Waals surface area contributed by atoms with Gasteiger partial charge in [0.15, 0.2) is 0 Å². The smallest absolute Gasteiger partial charge is 0.118 e. The summed E-state index contributed by atoms with van der Waals surface area (Å²) in [5.74, 6) is 0. The van der Waals surface area contributed by atoms with Crippen molar-refractivity contribution in [1.82, 2.24) is 9.97 Å². The molecule has 1 aromatic heterocycles. The molecular weight excluding hydrogens is 114 g/mol. The predicted molar refractivity (Wildman–Crippen MR) is 35.2 cm³/mol. The van der Waals surface area contributed by atoms with Crippen molar-refractivity contribution in [2.45, 2.75) is 0 Å². The van der Waals surface area contributed by atoms with Crippen molar-refractivity contribution < 1.29 is 0 Å². The Labute approximate surface area is 54.4 Å². The molecular formula is C6H8N3. The molecule has 1 aromatic rings. The second-order valence-electron chi connectivity index (χ2n) is 1.91. The van der Waals surface area contributed by atoms with E-state index < -0.39 is 0 Å². The minimum atomic E-state index is 0.900. The van der Waals surface area contributed by atoms with Gasteiger partial charge in [0.1, 0.15) is 12.5 Å². The SMILES string of the molecule is CN(C)c1[c]ncnc1. The van der Waals surface area contributed by atoms with E-state index in [1.165, 1.54) is 6.33 Å². The second-order valence-corrected chi connectivity index (χ2v) is 1.91. The Bertz CT molecular complexity index is 171. The highest BCUT2D eigenvalue weighted by Crippen LogP contribution is 2.01. The summed E-state index contributed by atoms with van der Waals surface area (Å²) in [6.07, 6.45) is 5.96. The zero-order chi connectivity index (χ0) is 6.69. The zero-order valence-corrected chi connectivity index (χ0v) is 5.50. The molecule has 1 radical (unpaired) electrons. The summed E-state index contributed by atoms with van der Waals surface area (Å²) in [6, 6.07) is 0. The third-order valence-electron chi connectivity index (χ3n) is 0.982. The fourth-order valence-corrected chi connectivity index (χ4v) is 0.477. The fourth-order valence-electron chi connectivity index (χ4n) is 0.477. The van der Waals surface area contributed by atoms with E-state index in [1.807, 2.05) is 19.0 Å². The molecule has 0 aromatic carbocycles. The van der Waals surface area contributed by atoms with Gasteiger partial charge in [0, 0.05) is 14.1 Å². The number of nitrogens with zero attached hydrogens (tertiary/aromatic N) is 3. The van der Waals surface area contributed by atoms with Gasteiger partial charge in [-0.25, -0.2) is 9.97 Å². The Morgan fingerprint density at radius 2 is 2.33 bits per heavy atom. The van der Waals surface area contributed by atoms with Crippen LogP contribution in [0.25, 0.3) is 0 Å². The Kier molecular flexibility index (Phi) is 1.63. The molecule has 0 aliphatic rings. The Hall–Kier alpha value is -1.12. The highest BCUT2D eigenvalue weighted by atomic mass is 15.1. The summed E-state index contributed by atoms with van der Waals surface area (Å²) in [5.41, 5.74) is 0.900. The molecule has 9 heavy (non-hydrogen) atoms. The van der Waals surface area contributed by atoms with Crippen LogP contribution in [0.15, 0.2) is 12.5 Å². The van der Waals surface area contributed by atoms with E-state index in [4.69, 9.17) is 0 Å². The minimum absolute atomic E-state index is 0.900. The maximum Gasteiger partial charge on any atom is 0.118 e. The molecule has 47 valence electrons. The lowest BCUT2D eigenvalue weighted by Gasteiger charge is -2.08. The molecule has 0 saturated heterocycles. The summed E-state index contributed by atoms with van der Waals surface area (Å²) in [6.45, 7) is 0. The van der Waals surface area contributed by atoms with Crippen molar-refractivity contribution in [3.63, 3.8) is 0 Å². The number of hydrogen-bond acceptors (Lipinski definition) is 3. The van der Waals surface area contributed by atoms with Gasteiger partial charge < -0.3 is 4.90 Å². The van der Waals surface area contributed by atoms with Crippen LogP contribution in [0, 0.1) is 6.20 Å². The molecule has 0 unspecified atom stereocenters. The first kappa shape index (κ1) is 6.01. The predicted octanol–water partition coefficient (Wildman–Crippen LogP) is 0.343. The molecule has 0 saturated carbocycles. The summed E-state index contributed by atoms with van der Waals surface area (Å²) < 4.78 is 0. The van der Waals surface area contributed by atoms with E-state index in [0.29, 0.717) is 0 Å². The molecule has 0 spiro atoms. The van der Waals surface area contributed by atoms with Crippen molar-refractivity contribution in [3.05, 3.63) is 18.7 Å².